The van der Waals surface area contributed by atoms with Crippen LogP contribution in [0.2, 0.25) is 0 Å². The lowest BCUT2D eigenvalue weighted by atomic mass is 9.97. The van der Waals surface area contributed by atoms with Crippen LogP contribution in [0, 0.1) is 5.82 Å². The zero-order valence-corrected chi connectivity index (χ0v) is 9.19. The first-order valence-electron chi connectivity index (χ1n) is 5.62. The summed E-state index contributed by atoms with van der Waals surface area (Å²) in [5, 5.41) is 4.14. The molecule has 0 saturated heterocycles. The quantitative estimate of drug-likeness (QED) is 0.754. The number of aryl methyl sites for hydroxylation is 1. The van der Waals surface area contributed by atoms with Gasteiger partial charge in [-0.15, -0.1) is 0 Å². The highest BCUT2D eigenvalue weighted by Gasteiger charge is 2.24. The van der Waals surface area contributed by atoms with Crippen molar-refractivity contribution in [3.63, 3.8) is 0 Å². The van der Waals surface area contributed by atoms with E-state index in [4.69, 9.17) is 0 Å². The first-order chi connectivity index (χ1) is 8.27. The van der Waals surface area contributed by atoms with Crippen molar-refractivity contribution in [3.8, 4) is 5.69 Å². The van der Waals surface area contributed by atoms with Crippen LogP contribution >= 0.6 is 0 Å². The lowest BCUT2D eigenvalue weighted by Crippen LogP contribution is -2.15. The lowest BCUT2D eigenvalue weighted by molar-refractivity contribution is 0.0964. The molecule has 0 spiro atoms. The molecule has 0 amide bonds. The molecule has 0 fully saturated rings. The third kappa shape index (κ3) is 1.56. The predicted octanol–water partition coefficient (Wildman–Crippen LogP) is 2.53. The molecule has 2 aromatic rings. The Labute approximate surface area is 97.9 Å². The second kappa shape index (κ2) is 3.80. The number of halogens is 1. The SMILES string of the molecule is O=C1CCCc2cnn(-c3ccccc3F)c21. The number of hydrogen-bond donors (Lipinski definition) is 0. The molecule has 0 radical (unpaired) electrons. The summed E-state index contributed by atoms with van der Waals surface area (Å²) < 4.78 is 15.1. The Morgan fingerprint density at radius 2 is 2.06 bits per heavy atom. The molecule has 1 aromatic heterocycles. The van der Waals surface area contributed by atoms with Crippen molar-refractivity contribution in [1.29, 1.82) is 0 Å². The number of nitrogens with zero attached hydrogens (tertiary/aromatic N) is 2. The van der Waals surface area contributed by atoms with Crippen LogP contribution in [-0.4, -0.2) is 15.6 Å². The van der Waals surface area contributed by atoms with Crippen LogP contribution < -0.4 is 0 Å². The van der Waals surface area contributed by atoms with Gasteiger partial charge in [-0.2, -0.15) is 5.10 Å². The van der Waals surface area contributed by atoms with Crippen LogP contribution in [0.5, 0.6) is 0 Å². The van der Waals surface area contributed by atoms with E-state index in [1.54, 1.807) is 24.4 Å². The van der Waals surface area contributed by atoms with Gasteiger partial charge in [-0.1, -0.05) is 12.1 Å². The minimum Gasteiger partial charge on any atom is -0.292 e. The highest BCUT2D eigenvalue weighted by Crippen LogP contribution is 2.24. The van der Waals surface area contributed by atoms with E-state index in [2.05, 4.69) is 5.10 Å². The number of fused-ring (bicyclic) bond motifs is 1. The van der Waals surface area contributed by atoms with Gasteiger partial charge in [0.05, 0.1) is 6.20 Å². The molecular weight excluding hydrogens is 219 g/mol. The third-order valence-electron chi connectivity index (χ3n) is 3.04. The second-order valence-electron chi connectivity index (χ2n) is 4.16. The standard InChI is InChI=1S/C13H11FN2O/c14-10-5-1-2-6-11(10)16-13-9(8-15-16)4-3-7-12(13)17/h1-2,5-6,8H,3-4,7H2. The fourth-order valence-corrected chi connectivity index (χ4v) is 2.23. The van der Waals surface area contributed by atoms with Gasteiger partial charge in [0.2, 0.25) is 0 Å². The monoisotopic (exact) mass is 230 g/mol. The van der Waals surface area contributed by atoms with Gasteiger partial charge < -0.3 is 0 Å². The molecule has 0 unspecified atom stereocenters. The van der Waals surface area contributed by atoms with Gasteiger partial charge in [0.1, 0.15) is 17.2 Å². The average Bonchev–Trinajstić information content (AvgIpc) is 2.75. The molecule has 17 heavy (non-hydrogen) atoms. The number of carbonyl (C=O) groups excluding carboxylic acids is 1. The molecule has 1 aliphatic carbocycles. The first-order valence-corrected chi connectivity index (χ1v) is 5.62. The summed E-state index contributed by atoms with van der Waals surface area (Å²) in [5.74, 6) is -0.316. The normalized spacial score (nSPS) is 14.8. The topological polar surface area (TPSA) is 34.9 Å². The van der Waals surface area contributed by atoms with E-state index < -0.39 is 0 Å². The van der Waals surface area contributed by atoms with E-state index >= 15 is 0 Å². The van der Waals surface area contributed by atoms with E-state index in [1.807, 2.05) is 0 Å². The number of Topliss-reactive ketones (excluding diaryl/α,β-unsaturated/α-hetero) is 1. The fourth-order valence-electron chi connectivity index (χ4n) is 2.23. The third-order valence-corrected chi connectivity index (χ3v) is 3.04. The van der Waals surface area contributed by atoms with E-state index in [9.17, 15) is 9.18 Å². The predicted molar refractivity (Wildman–Crippen MR) is 60.8 cm³/mol. The van der Waals surface area contributed by atoms with Crippen LogP contribution in [0.25, 0.3) is 5.69 Å². The Kier molecular flexibility index (Phi) is 2.28. The first kappa shape index (κ1) is 10.2. The molecule has 0 aliphatic heterocycles. The van der Waals surface area contributed by atoms with Crippen molar-refractivity contribution >= 4 is 5.78 Å². The summed E-state index contributed by atoms with van der Waals surface area (Å²) in [6.45, 7) is 0. The number of hydrogen-bond acceptors (Lipinski definition) is 2. The van der Waals surface area contributed by atoms with Crippen LogP contribution in [0.1, 0.15) is 28.9 Å². The van der Waals surface area contributed by atoms with Crippen molar-refractivity contribution < 1.29 is 9.18 Å². The summed E-state index contributed by atoms with van der Waals surface area (Å²) in [4.78, 5) is 11.9. The lowest BCUT2D eigenvalue weighted by Gasteiger charge is -2.13. The average molecular weight is 230 g/mol. The van der Waals surface area contributed by atoms with E-state index in [0.29, 0.717) is 17.8 Å². The Bertz CT molecular complexity index is 589. The molecule has 1 aromatic carbocycles. The summed E-state index contributed by atoms with van der Waals surface area (Å²) >= 11 is 0. The molecule has 3 nitrogen and oxygen atoms in total. The molecule has 0 N–H and O–H groups in total. The summed E-state index contributed by atoms with van der Waals surface area (Å²) in [6, 6.07) is 6.36. The molecule has 0 bridgehead atoms. The molecule has 3 rings (SSSR count). The van der Waals surface area contributed by atoms with Gasteiger partial charge in [0.25, 0.3) is 0 Å². The maximum Gasteiger partial charge on any atom is 0.181 e. The van der Waals surface area contributed by atoms with Crippen molar-refractivity contribution in [1.82, 2.24) is 9.78 Å². The molecular formula is C13H11FN2O. The van der Waals surface area contributed by atoms with Crippen LogP contribution in [0.3, 0.4) is 0 Å². The van der Waals surface area contributed by atoms with Gasteiger partial charge in [-0.05, 0) is 25.0 Å². The second-order valence-corrected chi connectivity index (χ2v) is 4.16. The smallest absolute Gasteiger partial charge is 0.181 e. The largest absolute Gasteiger partial charge is 0.292 e. The van der Waals surface area contributed by atoms with Crippen LogP contribution in [0.4, 0.5) is 4.39 Å². The van der Waals surface area contributed by atoms with Gasteiger partial charge >= 0.3 is 0 Å². The minimum atomic E-state index is -0.364. The van der Waals surface area contributed by atoms with Gasteiger partial charge in [-0.3, -0.25) is 4.79 Å². The number of ketones is 1. The number of aromatic nitrogens is 2. The van der Waals surface area contributed by atoms with Crippen molar-refractivity contribution in [2.45, 2.75) is 19.3 Å². The fraction of sp³-hybridized carbons (Fsp3) is 0.231. The van der Waals surface area contributed by atoms with Gasteiger partial charge in [0, 0.05) is 12.0 Å². The van der Waals surface area contributed by atoms with Crippen molar-refractivity contribution in [2.75, 3.05) is 0 Å². The van der Waals surface area contributed by atoms with Crippen LogP contribution in [0.15, 0.2) is 30.5 Å². The number of rotatable bonds is 1. The summed E-state index contributed by atoms with van der Waals surface area (Å²) in [6.07, 6.45) is 3.89. The number of benzene rings is 1. The Morgan fingerprint density at radius 1 is 1.24 bits per heavy atom. The van der Waals surface area contributed by atoms with Crippen molar-refractivity contribution in [2.24, 2.45) is 0 Å². The molecule has 0 saturated carbocycles. The zero-order chi connectivity index (χ0) is 11.8. The summed E-state index contributed by atoms with van der Waals surface area (Å²) in [5.41, 5.74) is 1.80. The minimum absolute atomic E-state index is 0.0482. The molecule has 0 atom stereocenters. The Morgan fingerprint density at radius 3 is 2.88 bits per heavy atom. The highest BCUT2D eigenvalue weighted by atomic mass is 19.1. The number of carbonyl (C=O) groups is 1. The van der Waals surface area contributed by atoms with Crippen molar-refractivity contribution in [3.05, 3.63) is 47.5 Å². The molecule has 1 aliphatic rings. The number of para-hydroxylation sites is 1. The molecule has 86 valence electrons. The van der Waals surface area contributed by atoms with E-state index in [1.165, 1.54) is 10.7 Å². The molecule has 4 heteroatoms. The zero-order valence-electron chi connectivity index (χ0n) is 9.19. The van der Waals surface area contributed by atoms with Gasteiger partial charge in [-0.25, -0.2) is 9.07 Å². The van der Waals surface area contributed by atoms with E-state index in [0.717, 1.165) is 18.4 Å². The highest BCUT2D eigenvalue weighted by molar-refractivity contribution is 5.97. The van der Waals surface area contributed by atoms with Gasteiger partial charge in [0.15, 0.2) is 5.78 Å². The maximum absolute atomic E-state index is 13.7. The Hall–Kier alpha value is -1.97. The Balaban J connectivity index is 2.20. The van der Waals surface area contributed by atoms with E-state index in [-0.39, 0.29) is 11.6 Å². The maximum atomic E-state index is 13.7. The summed E-state index contributed by atoms with van der Waals surface area (Å²) in [7, 11) is 0. The molecule has 1 heterocycles. The van der Waals surface area contributed by atoms with Crippen LogP contribution in [-0.2, 0) is 6.42 Å².